The number of carbonyl (C=O) groups excluding carboxylic acids is 1. The number of fused-ring (bicyclic) bond motifs is 5. The topological polar surface area (TPSA) is 26.3 Å². The SMILES string of the molecule is C=C1C[C@H]2[C@@H]3CC[C@H]4C[C@@H](O[Si](C)(C)C(C)(C)C)CC[C@]4(C)[C@H]3CC[C@]2(C)C1=O. The zero-order valence-corrected chi connectivity index (χ0v) is 21.1. The number of allylic oxidation sites excluding steroid dienone is 1. The van der Waals surface area contributed by atoms with Crippen LogP contribution in [0.5, 0.6) is 0 Å². The van der Waals surface area contributed by atoms with Crippen molar-refractivity contribution in [1.82, 2.24) is 0 Å². The molecule has 164 valence electrons. The van der Waals surface area contributed by atoms with E-state index >= 15 is 0 Å². The minimum absolute atomic E-state index is 0.107. The van der Waals surface area contributed by atoms with Gasteiger partial charge in [-0.2, -0.15) is 0 Å². The van der Waals surface area contributed by atoms with Crippen LogP contribution in [0.1, 0.15) is 86.0 Å². The number of carbonyl (C=O) groups is 1. The molecule has 0 aromatic heterocycles. The van der Waals surface area contributed by atoms with Crippen LogP contribution in [0, 0.1) is 34.5 Å². The predicted octanol–water partition coefficient (Wildman–Crippen LogP) is 7.15. The molecule has 2 nitrogen and oxygen atoms in total. The summed E-state index contributed by atoms with van der Waals surface area (Å²) in [6, 6.07) is 0. The van der Waals surface area contributed by atoms with Gasteiger partial charge in [-0.15, -0.1) is 0 Å². The molecule has 0 saturated heterocycles. The summed E-state index contributed by atoms with van der Waals surface area (Å²) < 4.78 is 6.87. The van der Waals surface area contributed by atoms with Crippen molar-refractivity contribution >= 4 is 14.1 Å². The van der Waals surface area contributed by atoms with Gasteiger partial charge < -0.3 is 4.43 Å². The molecular weight excluding hydrogens is 372 g/mol. The molecule has 0 unspecified atom stereocenters. The summed E-state index contributed by atoms with van der Waals surface area (Å²) >= 11 is 0. The second kappa shape index (κ2) is 6.79. The summed E-state index contributed by atoms with van der Waals surface area (Å²) in [4.78, 5) is 12.8. The molecule has 0 aliphatic heterocycles. The fourth-order valence-corrected chi connectivity index (χ4v) is 9.06. The van der Waals surface area contributed by atoms with E-state index in [4.69, 9.17) is 4.43 Å². The largest absolute Gasteiger partial charge is 0.414 e. The minimum Gasteiger partial charge on any atom is -0.414 e. The van der Waals surface area contributed by atoms with Crippen LogP contribution in [-0.2, 0) is 9.22 Å². The lowest BCUT2D eigenvalue weighted by molar-refractivity contribution is -0.141. The summed E-state index contributed by atoms with van der Waals surface area (Å²) in [6.07, 6.45) is 10.2. The van der Waals surface area contributed by atoms with E-state index in [1.807, 2.05) is 0 Å². The van der Waals surface area contributed by atoms with Crippen molar-refractivity contribution in [3.05, 3.63) is 12.2 Å². The smallest absolute Gasteiger partial charge is 0.192 e. The molecule has 4 aliphatic rings. The number of ketones is 1. The van der Waals surface area contributed by atoms with Gasteiger partial charge in [0.05, 0.1) is 0 Å². The summed E-state index contributed by atoms with van der Waals surface area (Å²) in [7, 11) is -1.70. The highest BCUT2D eigenvalue weighted by molar-refractivity contribution is 6.74. The molecule has 0 aromatic rings. The van der Waals surface area contributed by atoms with E-state index in [2.05, 4.69) is 54.3 Å². The Bertz CT molecular complexity index is 704. The van der Waals surface area contributed by atoms with Crippen molar-refractivity contribution in [1.29, 1.82) is 0 Å². The van der Waals surface area contributed by atoms with Crippen LogP contribution in [0.3, 0.4) is 0 Å². The molecule has 7 atom stereocenters. The first-order valence-electron chi connectivity index (χ1n) is 12.2. The van der Waals surface area contributed by atoms with Crippen LogP contribution in [-0.4, -0.2) is 20.2 Å². The highest BCUT2D eigenvalue weighted by Crippen LogP contribution is 2.66. The summed E-state index contributed by atoms with van der Waals surface area (Å²) in [5, 5.41) is 0.288. The van der Waals surface area contributed by atoms with E-state index in [9.17, 15) is 4.79 Å². The van der Waals surface area contributed by atoms with Gasteiger partial charge in [-0.25, -0.2) is 0 Å². The monoisotopic (exact) mass is 416 g/mol. The van der Waals surface area contributed by atoms with Gasteiger partial charge in [-0.1, -0.05) is 41.2 Å². The minimum atomic E-state index is -1.70. The summed E-state index contributed by atoms with van der Waals surface area (Å²) in [6.45, 7) is 20.9. The van der Waals surface area contributed by atoms with E-state index in [0.29, 0.717) is 23.2 Å². The van der Waals surface area contributed by atoms with Gasteiger partial charge in [0.2, 0.25) is 0 Å². The second-order valence-electron chi connectivity index (χ2n) is 13.0. The zero-order valence-electron chi connectivity index (χ0n) is 20.1. The molecule has 0 radical (unpaired) electrons. The van der Waals surface area contributed by atoms with E-state index in [1.165, 1.54) is 38.5 Å². The Kier molecular flexibility index (Phi) is 5.11. The molecule has 0 spiro atoms. The maximum absolute atomic E-state index is 12.8. The Labute approximate surface area is 180 Å². The number of hydrogen-bond acceptors (Lipinski definition) is 2. The number of hydrogen-bond donors (Lipinski definition) is 0. The Morgan fingerprint density at radius 3 is 2.38 bits per heavy atom. The van der Waals surface area contributed by atoms with Crippen LogP contribution in [0.15, 0.2) is 12.2 Å². The maximum Gasteiger partial charge on any atom is 0.192 e. The van der Waals surface area contributed by atoms with Crippen LogP contribution < -0.4 is 0 Å². The average molecular weight is 417 g/mol. The van der Waals surface area contributed by atoms with Gasteiger partial charge in [0.1, 0.15) is 0 Å². The van der Waals surface area contributed by atoms with Gasteiger partial charge in [0, 0.05) is 11.5 Å². The Balaban J connectivity index is 1.50. The molecule has 4 rings (SSSR count). The van der Waals surface area contributed by atoms with Crippen molar-refractivity contribution in [2.75, 3.05) is 0 Å². The Hall–Kier alpha value is -0.413. The molecule has 0 amide bonds. The van der Waals surface area contributed by atoms with Crippen LogP contribution in [0.2, 0.25) is 18.1 Å². The van der Waals surface area contributed by atoms with E-state index in [1.54, 1.807) is 0 Å². The van der Waals surface area contributed by atoms with Gasteiger partial charge >= 0.3 is 0 Å². The molecule has 0 bridgehead atoms. The zero-order chi connectivity index (χ0) is 21.4. The lowest BCUT2D eigenvalue weighted by Crippen LogP contribution is -2.55. The lowest BCUT2D eigenvalue weighted by Gasteiger charge is -2.60. The summed E-state index contributed by atoms with van der Waals surface area (Å²) in [5.74, 6) is 3.28. The Morgan fingerprint density at radius 2 is 1.72 bits per heavy atom. The first kappa shape index (κ1) is 21.8. The third-order valence-corrected chi connectivity index (χ3v) is 15.1. The van der Waals surface area contributed by atoms with Crippen LogP contribution >= 0.6 is 0 Å². The quantitative estimate of drug-likeness (QED) is 0.353. The number of rotatable bonds is 2. The van der Waals surface area contributed by atoms with Gasteiger partial charge in [0.25, 0.3) is 0 Å². The van der Waals surface area contributed by atoms with Crippen molar-refractivity contribution in [2.24, 2.45) is 34.5 Å². The predicted molar refractivity (Wildman–Crippen MR) is 123 cm³/mol. The van der Waals surface area contributed by atoms with Crippen molar-refractivity contribution in [3.8, 4) is 0 Å². The summed E-state index contributed by atoms with van der Waals surface area (Å²) in [5.41, 5.74) is 1.26. The lowest BCUT2D eigenvalue weighted by atomic mass is 9.45. The normalized spacial score (nSPS) is 45.6. The molecule has 4 saturated carbocycles. The molecular formula is C26H44O2Si. The van der Waals surface area contributed by atoms with Crippen molar-refractivity contribution < 1.29 is 9.22 Å². The molecule has 4 aliphatic carbocycles. The molecule has 4 fully saturated rings. The standard InChI is InChI=1S/C26H44O2Si/c1-17-15-22-20-10-9-18-16-19(28-29(7,8)24(2,3)4)11-13-25(18,5)21(20)12-14-26(22,6)23(17)27/h18-22H,1,9-16H2,2-8H3/t18-,19-,20+,21-,22-,25-,26-/m0/s1. The third kappa shape index (κ3) is 3.25. The highest BCUT2D eigenvalue weighted by atomic mass is 28.4. The van der Waals surface area contributed by atoms with Gasteiger partial charge in [-0.05, 0) is 104 Å². The van der Waals surface area contributed by atoms with E-state index in [-0.39, 0.29) is 10.5 Å². The Morgan fingerprint density at radius 1 is 1.03 bits per heavy atom. The van der Waals surface area contributed by atoms with Crippen molar-refractivity contribution in [2.45, 2.75) is 110 Å². The molecule has 0 heterocycles. The molecule has 29 heavy (non-hydrogen) atoms. The molecule has 3 heteroatoms. The van der Waals surface area contributed by atoms with Gasteiger partial charge in [0.15, 0.2) is 14.1 Å². The first-order chi connectivity index (χ1) is 13.3. The van der Waals surface area contributed by atoms with Crippen LogP contribution in [0.25, 0.3) is 0 Å². The molecule has 0 aromatic carbocycles. The fourth-order valence-electron chi connectivity index (χ4n) is 7.66. The fraction of sp³-hybridized carbons (Fsp3) is 0.885. The number of Topliss-reactive ketones (excluding diaryl/α,β-unsaturated/α-hetero) is 1. The van der Waals surface area contributed by atoms with Crippen molar-refractivity contribution in [3.63, 3.8) is 0 Å². The van der Waals surface area contributed by atoms with E-state index < -0.39 is 8.32 Å². The van der Waals surface area contributed by atoms with E-state index in [0.717, 1.165) is 36.2 Å². The molecule has 0 N–H and O–H groups in total. The third-order valence-electron chi connectivity index (χ3n) is 10.6. The first-order valence-corrected chi connectivity index (χ1v) is 15.1. The van der Waals surface area contributed by atoms with Gasteiger partial charge in [-0.3, -0.25) is 4.79 Å². The second-order valence-corrected chi connectivity index (χ2v) is 17.8. The average Bonchev–Trinajstić information content (AvgIpc) is 2.84. The van der Waals surface area contributed by atoms with Crippen LogP contribution in [0.4, 0.5) is 0 Å². The maximum atomic E-state index is 12.8. The highest BCUT2D eigenvalue weighted by Gasteiger charge is 2.61.